The van der Waals surface area contributed by atoms with E-state index in [4.69, 9.17) is 5.11 Å². The van der Waals surface area contributed by atoms with Crippen LogP contribution in [-0.4, -0.2) is 33.8 Å². The molecule has 1 unspecified atom stereocenters. The minimum atomic E-state index is 0.188. The molecule has 0 saturated heterocycles. The maximum atomic E-state index is 9.05. The Morgan fingerprint density at radius 2 is 2.27 bits per heavy atom. The third kappa shape index (κ3) is 2.96. The molecule has 1 aromatic heterocycles. The molecule has 0 aliphatic rings. The van der Waals surface area contributed by atoms with E-state index in [1.165, 1.54) is 5.56 Å². The van der Waals surface area contributed by atoms with Crippen molar-refractivity contribution >= 4 is 11.8 Å². The SMILES string of the molecule is CNCc1c(C)nn(C)c1SC(C)CO. The first kappa shape index (κ1) is 12.5. The molecule has 5 heteroatoms. The number of aliphatic hydroxyl groups is 1. The fourth-order valence-corrected chi connectivity index (χ4v) is 2.45. The van der Waals surface area contributed by atoms with Gasteiger partial charge in [-0.3, -0.25) is 4.68 Å². The summed E-state index contributed by atoms with van der Waals surface area (Å²) in [6.07, 6.45) is 0. The van der Waals surface area contributed by atoms with Gasteiger partial charge in [-0.2, -0.15) is 5.10 Å². The molecule has 0 aliphatic heterocycles. The number of hydrogen-bond donors (Lipinski definition) is 2. The minimum Gasteiger partial charge on any atom is -0.395 e. The summed E-state index contributed by atoms with van der Waals surface area (Å²) in [5.74, 6) is 0. The maximum Gasteiger partial charge on any atom is 0.0987 e. The van der Waals surface area contributed by atoms with Crippen LogP contribution in [0, 0.1) is 6.92 Å². The van der Waals surface area contributed by atoms with Crippen LogP contribution >= 0.6 is 11.8 Å². The third-order valence-corrected chi connectivity index (χ3v) is 3.50. The number of nitrogens with zero attached hydrogens (tertiary/aromatic N) is 2. The molecule has 1 aromatic rings. The van der Waals surface area contributed by atoms with Crippen molar-refractivity contribution in [2.45, 2.75) is 30.7 Å². The van der Waals surface area contributed by atoms with E-state index < -0.39 is 0 Å². The molecule has 1 rings (SSSR count). The molecule has 0 aliphatic carbocycles. The normalized spacial score (nSPS) is 13.1. The highest BCUT2D eigenvalue weighted by Gasteiger charge is 2.15. The van der Waals surface area contributed by atoms with Gasteiger partial charge in [-0.25, -0.2) is 0 Å². The first-order chi connectivity index (χ1) is 7.10. The van der Waals surface area contributed by atoms with Crippen LogP contribution in [0.3, 0.4) is 0 Å². The quantitative estimate of drug-likeness (QED) is 0.737. The van der Waals surface area contributed by atoms with Crippen LogP contribution in [0.2, 0.25) is 0 Å². The molecule has 0 saturated carbocycles. The summed E-state index contributed by atoms with van der Waals surface area (Å²) in [6.45, 7) is 5.03. The predicted octanol–water partition coefficient (Wildman–Crippen LogP) is 0.921. The topological polar surface area (TPSA) is 50.1 Å². The summed E-state index contributed by atoms with van der Waals surface area (Å²) >= 11 is 1.67. The smallest absolute Gasteiger partial charge is 0.0987 e. The van der Waals surface area contributed by atoms with Crippen molar-refractivity contribution < 1.29 is 5.11 Å². The molecule has 0 aromatic carbocycles. The second-order valence-electron chi connectivity index (χ2n) is 3.63. The van der Waals surface area contributed by atoms with Gasteiger partial charge in [-0.1, -0.05) is 6.92 Å². The summed E-state index contributed by atoms with van der Waals surface area (Å²) in [5.41, 5.74) is 2.28. The average Bonchev–Trinajstić information content (AvgIpc) is 2.45. The van der Waals surface area contributed by atoms with Gasteiger partial charge in [0.25, 0.3) is 0 Å². The molecular weight excluding hydrogens is 210 g/mol. The number of nitrogens with one attached hydrogen (secondary N) is 1. The zero-order valence-corrected chi connectivity index (χ0v) is 10.6. The highest BCUT2D eigenvalue weighted by Crippen LogP contribution is 2.28. The molecule has 0 fully saturated rings. The Balaban J connectivity index is 2.93. The Morgan fingerprint density at radius 1 is 1.60 bits per heavy atom. The van der Waals surface area contributed by atoms with Crippen LogP contribution in [-0.2, 0) is 13.6 Å². The Bertz CT molecular complexity index is 325. The summed E-state index contributed by atoms with van der Waals surface area (Å²) < 4.78 is 1.89. The Kier molecular flexibility index (Phi) is 4.63. The van der Waals surface area contributed by atoms with Crippen molar-refractivity contribution in [1.29, 1.82) is 0 Å². The summed E-state index contributed by atoms with van der Waals surface area (Å²) in [6, 6.07) is 0. The second kappa shape index (κ2) is 5.53. The van der Waals surface area contributed by atoms with Crippen LogP contribution < -0.4 is 5.32 Å². The fraction of sp³-hybridized carbons (Fsp3) is 0.700. The number of aromatic nitrogens is 2. The van der Waals surface area contributed by atoms with Gasteiger partial charge in [0.05, 0.1) is 17.3 Å². The highest BCUT2D eigenvalue weighted by atomic mass is 32.2. The monoisotopic (exact) mass is 229 g/mol. The van der Waals surface area contributed by atoms with Gasteiger partial charge in [0.1, 0.15) is 0 Å². The Hall–Kier alpha value is -0.520. The van der Waals surface area contributed by atoms with Crippen molar-refractivity contribution in [1.82, 2.24) is 15.1 Å². The average molecular weight is 229 g/mol. The summed E-state index contributed by atoms with van der Waals surface area (Å²) in [7, 11) is 3.87. The van der Waals surface area contributed by atoms with E-state index in [2.05, 4.69) is 10.4 Å². The molecule has 0 amide bonds. The van der Waals surface area contributed by atoms with Crippen LogP contribution in [0.15, 0.2) is 5.03 Å². The van der Waals surface area contributed by atoms with E-state index in [1.54, 1.807) is 11.8 Å². The van der Waals surface area contributed by atoms with Gasteiger partial charge < -0.3 is 10.4 Å². The zero-order chi connectivity index (χ0) is 11.4. The number of hydrogen-bond acceptors (Lipinski definition) is 4. The van der Waals surface area contributed by atoms with Gasteiger partial charge in [-0.05, 0) is 14.0 Å². The number of aryl methyl sites for hydroxylation is 2. The largest absolute Gasteiger partial charge is 0.395 e. The number of rotatable bonds is 5. The molecule has 4 nitrogen and oxygen atoms in total. The lowest BCUT2D eigenvalue weighted by Gasteiger charge is -2.10. The molecule has 0 spiro atoms. The van der Waals surface area contributed by atoms with Crippen molar-refractivity contribution in [2.75, 3.05) is 13.7 Å². The lowest BCUT2D eigenvalue weighted by atomic mass is 10.3. The van der Waals surface area contributed by atoms with E-state index in [-0.39, 0.29) is 11.9 Å². The molecule has 1 heterocycles. The van der Waals surface area contributed by atoms with Crippen molar-refractivity contribution in [3.63, 3.8) is 0 Å². The molecule has 0 radical (unpaired) electrons. The summed E-state index contributed by atoms with van der Waals surface area (Å²) in [5, 5.41) is 17.9. The molecule has 1 atom stereocenters. The third-order valence-electron chi connectivity index (χ3n) is 2.21. The minimum absolute atomic E-state index is 0.188. The lowest BCUT2D eigenvalue weighted by Crippen LogP contribution is -2.09. The Morgan fingerprint density at radius 3 is 2.80 bits per heavy atom. The van der Waals surface area contributed by atoms with E-state index in [0.717, 1.165) is 17.3 Å². The van der Waals surface area contributed by atoms with Crippen LogP contribution in [0.4, 0.5) is 0 Å². The van der Waals surface area contributed by atoms with E-state index in [9.17, 15) is 0 Å². The summed E-state index contributed by atoms with van der Waals surface area (Å²) in [4.78, 5) is 0. The van der Waals surface area contributed by atoms with Gasteiger partial charge >= 0.3 is 0 Å². The van der Waals surface area contributed by atoms with Crippen LogP contribution in [0.5, 0.6) is 0 Å². The van der Waals surface area contributed by atoms with Crippen molar-refractivity contribution in [2.24, 2.45) is 7.05 Å². The van der Waals surface area contributed by atoms with E-state index in [0.29, 0.717) is 0 Å². The molecule has 2 N–H and O–H groups in total. The first-order valence-corrected chi connectivity index (χ1v) is 5.92. The van der Waals surface area contributed by atoms with E-state index in [1.807, 2.05) is 32.6 Å². The number of aliphatic hydroxyl groups excluding tert-OH is 1. The van der Waals surface area contributed by atoms with Crippen molar-refractivity contribution in [3.8, 4) is 0 Å². The van der Waals surface area contributed by atoms with Gasteiger partial charge in [-0.15, -0.1) is 11.8 Å². The molecule has 0 bridgehead atoms. The molecular formula is C10H19N3OS. The van der Waals surface area contributed by atoms with Gasteiger partial charge in [0, 0.05) is 24.4 Å². The lowest BCUT2D eigenvalue weighted by molar-refractivity contribution is 0.300. The van der Waals surface area contributed by atoms with Crippen molar-refractivity contribution in [3.05, 3.63) is 11.3 Å². The molecule has 15 heavy (non-hydrogen) atoms. The number of thioether (sulfide) groups is 1. The van der Waals surface area contributed by atoms with Gasteiger partial charge in [0.2, 0.25) is 0 Å². The zero-order valence-electron chi connectivity index (χ0n) is 9.74. The van der Waals surface area contributed by atoms with Gasteiger partial charge in [0.15, 0.2) is 0 Å². The van der Waals surface area contributed by atoms with E-state index >= 15 is 0 Å². The fourth-order valence-electron chi connectivity index (χ4n) is 1.44. The maximum absolute atomic E-state index is 9.05. The van der Waals surface area contributed by atoms with Crippen LogP contribution in [0.1, 0.15) is 18.2 Å². The standard InChI is InChI=1S/C10H19N3OS/c1-7(6-14)15-10-9(5-11-3)8(2)12-13(10)4/h7,11,14H,5-6H2,1-4H3. The second-order valence-corrected chi connectivity index (χ2v) is 5.06. The first-order valence-electron chi connectivity index (χ1n) is 5.04. The molecule has 86 valence electrons. The Labute approximate surface area is 95.1 Å². The van der Waals surface area contributed by atoms with Crippen LogP contribution in [0.25, 0.3) is 0 Å². The predicted molar refractivity (Wildman–Crippen MR) is 63.1 cm³/mol. The highest BCUT2D eigenvalue weighted by molar-refractivity contribution is 7.99.